The lowest BCUT2D eigenvalue weighted by atomic mass is 10.3. The zero-order valence-corrected chi connectivity index (χ0v) is 9.84. The first kappa shape index (κ1) is 12.0. The van der Waals surface area contributed by atoms with E-state index in [0.717, 1.165) is 6.42 Å². The molecular weight excluding hydrogens is 234 g/mol. The molecule has 18 heavy (non-hydrogen) atoms. The van der Waals surface area contributed by atoms with Gasteiger partial charge in [-0.15, -0.1) is 0 Å². The zero-order chi connectivity index (χ0) is 13.3. The van der Waals surface area contributed by atoms with Crippen LogP contribution in [0.3, 0.4) is 0 Å². The molecule has 2 rings (SSSR count). The van der Waals surface area contributed by atoms with Gasteiger partial charge in [0.15, 0.2) is 28.5 Å². The smallest absolute Gasteiger partial charge is 0.271 e. The number of nitrogens with zero attached hydrogens (tertiary/aromatic N) is 4. The fourth-order valence-electron chi connectivity index (χ4n) is 1.54. The highest BCUT2D eigenvalue weighted by atomic mass is 16.1. The number of rotatable bonds is 3. The van der Waals surface area contributed by atoms with E-state index in [1.807, 2.05) is 6.92 Å². The van der Waals surface area contributed by atoms with Gasteiger partial charge in [0.25, 0.3) is 5.91 Å². The van der Waals surface area contributed by atoms with Crippen LogP contribution in [0.1, 0.15) is 29.7 Å². The largest absolute Gasteiger partial charge is 0.382 e. The highest BCUT2D eigenvalue weighted by molar-refractivity contribution is 5.97. The number of fused-ring (bicyclic) bond motifs is 1. The van der Waals surface area contributed by atoms with Crippen molar-refractivity contribution in [1.29, 1.82) is 0 Å². The van der Waals surface area contributed by atoms with Gasteiger partial charge in [0.05, 0.1) is 0 Å². The summed E-state index contributed by atoms with van der Waals surface area (Å²) >= 11 is 0. The maximum absolute atomic E-state index is 11.1. The predicted molar refractivity (Wildman–Crippen MR) is 66.5 cm³/mol. The number of primary amides is 1. The number of nitrogen functional groups attached to an aromatic ring is 2. The minimum atomic E-state index is -0.765. The summed E-state index contributed by atoms with van der Waals surface area (Å²) in [5, 5.41) is 0. The molecule has 8 heteroatoms. The lowest BCUT2D eigenvalue weighted by Gasteiger charge is -2.06. The van der Waals surface area contributed by atoms with Gasteiger partial charge in [0.1, 0.15) is 5.82 Å². The van der Waals surface area contributed by atoms with Gasteiger partial charge in [-0.3, -0.25) is 4.79 Å². The monoisotopic (exact) mass is 247 g/mol. The molecule has 0 fully saturated rings. The van der Waals surface area contributed by atoms with Crippen LogP contribution in [-0.2, 0) is 6.42 Å². The predicted octanol–water partition coefficient (Wildman–Crippen LogP) is -0.364. The average Bonchev–Trinajstić information content (AvgIpc) is 2.28. The summed E-state index contributed by atoms with van der Waals surface area (Å²) in [6, 6.07) is 0. The van der Waals surface area contributed by atoms with Gasteiger partial charge in [0, 0.05) is 6.42 Å². The minimum Gasteiger partial charge on any atom is -0.382 e. The molecule has 0 atom stereocenters. The third-order valence-electron chi connectivity index (χ3n) is 2.34. The lowest BCUT2D eigenvalue weighted by Crippen LogP contribution is -2.17. The second kappa shape index (κ2) is 4.40. The Labute approximate surface area is 103 Å². The maximum atomic E-state index is 11.1. The van der Waals surface area contributed by atoms with Crippen molar-refractivity contribution in [2.45, 2.75) is 19.8 Å². The van der Waals surface area contributed by atoms with Crippen LogP contribution < -0.4 is 17.2 Å². The maximum Gasteiger partial charge on any atom is 0.271 e. The van der Waals surface area contributed by atoms with Crippen molar-refractivity contribution < 1.29 is 4.79 Å². The molecule has 2 aromatic rings. The van der Waals surface area contributed by atoms with Crippen LogP contribution in [0.2, 0.25) is 0 Å². The topological polar surface area (TPSA) is 147 Å². The molecule has 0 saturated carbocycles. The van der Waals surface area contributed by atoms with Gasteiger partial charge >= 0.3 is 0 Å². The average molecular weight is 247 g/mol. The molecule has 0 bridgehead atoms. The summed E-state index contributed by atoms with van der Waals surface area (Å²) in [6.45, 7) is 2.00. The first-order chi connectivity index (χ1) is 8.52. The number of aryl methyl sites for hydroxylation is 1. The highest BCUT2D eigenvalue weighted by Gasteiger charge is 2.15. The van der Waals surface area contributed by atoms with E-state index in [2.05, 4.69) is 19.9 Å². The second-order valence-electron chi connectivity index (χ2n) is 3.77. The SMILES string of the molecule is CCCc1nc(N)c2nc(C(N)=O)c(N)nc2n1. The third-order valence-corrected chi connectivity index (χ3v) is 2.34. The van der Waals surface area contributed by atoms with Crippen molar-refractivity contribution in [3.8, 4) is 0 Å². The molecule has 0 spiro atoms. The van der Waals surface area contributed by atoms with Crippen LogP contribution in [-0.4, -0.2) is 25.8 Å². The quantitative estimate of drug-likeness (QED) is 0.670. The molecule has 0 radical (unpaired) electrons. The van der Waals surface area contributed by atoms with Gasteiger partial charge in [-0.2, -0.15) is 0 Å². The first-order valence-corrected chi connectivity index (χ1v) is 5.42. The molecule has 0 aromatic carbocycles. The van der Waals surface area contributed by atoms with Crippen LogP contribution in [0.4, 0.5) is 11.6 Å². The normalized spacial score (nSPS) is 10.7. The van der Waals surface area contributed by atoms with Crippen molar-refractivity contribution in [3.63, 3.8) is 0 Å². The molecule has 0 aliphatic heterocycles. The van der Waals surface area contributed by atoms with E-state index < -0.39 is 5.91 Å². The van der Waals surface area contributed by atoms with Crippen LogP contribution >= 0.6 is 0 Å². The van der Waals surface area contributed by atoms with E-state index in [-0.39, 0.29) is 28.5 Å². The molecule has 0 unspecified atom stereocenters. The Bertz CT molecular complexity index is 625. The number of carbonyl (C=O) groups excluding carboxylic acids is 1. The van der Waals surface area contributed by atoms with E-state index in [1.54, 1.807) is 0 Å². The van der Waals surface area contributed by atoms with Crippen LogP contribution in [0, 0.1) is 0 Å². The van der Waals surface area contributed by atoms with Gasteiger partial charge in [-0.25, -0.2) is 19.9 Å². The first-order valence-electron chi connectivity index (χ1n) is 5.42. The Kier molecular flexibility index (Phi) is 2.92. The Hall–Kier alpha value is -2.51. The third kappa shape index (κ3) is 1.99. The lowest BCUT2D eigenvalue weighted by molar-refractivity contribution is 0.0996. The number of aromatic nitrogens is 4. The van der Waals surface area contributed by atoms with Crippen LogP contribution in [0.5, 0.6) is 0 Å². The summed E-state index contributed by atoms with van der Waals surface area (Å²) in [7, 11) is 0. The van der Waals surface area contributed by atoms with Crippen LogP contribution in [0.25, 0.3) is 11.2 Å². The standard InChI is InChI=1S/C10H13N7O/c1-2-3-4-14-8(12)6-10(15-4)17-7(11)5(16-6)9(13)18/h2-3H2,1H3,(H2,13,18)(H4,11,12,14,15,17). The van der Waals surface area contributed by atoms with E-state index in [0.29, 0.717) is 12.2 Å². The molecule has 0 saturated heterocycles. The van der Waals surface area contributed by atoms with Gasteiger partial charge in [0.2, 0.25) is 0 Å². The van der Waals surface area contributed by atoms with Gasteiger partial charge in [-0.05, 0) is 6.42 Å². The van der Waals surface area contributed by atoms with Gasteiger partial charge in [-0.1, -0.05) is 6.92 Å². The number of anilines is 2. The van der Waals surface area contributed by atoms with Crippen molar-refractivity contribution >= 4 is 28.7 Å². The fourth-order valence-corrected chi connectivity index (χ4v) is 1.54. The molecular formula is C10H13N7O. The summed E-state index contributed by atoms with van der Waals surface area (Å²) < 4.78 is 0. The number of carbonyl (C=O) groups is 1. The van der Waals surface area contributed by atoms with Crippen molar-refractivity contribution in [2.24, 2.45) is 5.73 Å². The summed E-state index contributed by atoms with van der Waals surface area (Å²) in [5.74, 6) is -0.0871. The summed E-state index contributed by atoms with van der Waals surface area (Å²) in [6.07, 6.45) is 1.56. The van der Waals surface area contributed by atoms with E-state index in [9.17, 15) is 4.79 Å². The molecule has 8 nitrogen and oxygen atoms in total. The van der Waals surface area contributed by atoms with E-state index >= 15 is 0 Å². The number of hydrogen-bond acceptors (Lipinski definition) is 7. The Morgan fingerprint density at radius 2 is 1.83 bits per heavy atom. The Balaban J connectivity index is 2.68. The van der Waals surface area contributed by atoms with Gasteiger partial charge < -0.3 is 17.2 Å². The van der Waals surface area contributed by atoms with Crippen LogP contribution in [0.15, 0.2) is 0 Å². The number of amides is 1. The molecule has 6 N–H and O–H groups in total. The fraction of sp³-hybridized carbons (Fsp3) is 0.300. The second-order valence-corrected chi connectivity index (χ2v) is 3.77. The molecule has 0 aliphatic carbocycles. The summed E-state index contributed by atoms with van der Waals surface area (Å²) in [5.41, 5.74) is 16.9. The van der Waals surface area contributed by atoms with Crippen molar-refractivity contribution in [3.05, 3.63) is 11.5 Å². The van der Waals surface area contributed by atoms with Crippen molar-refractivity contribution in [1.82, 2.24) is 19.9 Å². The number of nitrogens with two attached hydrogens (primary N) is 3. The number of hydrogen-bond donors (Lipinski definition) is 3. The van der Waals surface area contributed by atoms with E-state index in [1.165, 1.54) is 0 Å². The Morgan fingerprint density at radius 1 is 1.11 bits per heavy atom. The molecule has 0 aliphatic rings. The Morgan fingerprint density at radius 3 is 2.44 bits per heavy atom. The highest BCUT2D eigenvalue weighted by Crippen LogP contribution is 2.17. The zero-order valence-electron chi connectivity index (χ0n) is 9.84. The van der Waals surface area contributed by atoms with Crippen molar-refractivity contribution in [2.75, 3.05) is 11.5 Å². The minimum absolute atomic E-state index is 0.0597. The molecule has 94 valence electrons. The molecule has 1 amide bonds. The summed E-state index contributed by atoms with van der Waals surface area (Å²) in [4.78, 5) is 27.3. The van der Waals surface area contributed by atoms with E-state index in [4.69, 9.17) is 17.2 Å². The molecule has 2 aromatic heterocycles. The molecule has 2 heterocycles.